The maximum absolute atomic E-state index is 13.5. The van der Waals surface area contributed by atoms with Crippen LogP contribution in [0.25, 0.3) is 0 Å². The fourth-order valence-electron chi connectivity index (χ4n) is 3.38. The van der Waals surface area contributed by atoms with E-state index in [1.54, 1.807) is 71.9 Å². The van der Waals surface area contributed by atoms with Crippen molar-refractivity contribution in [3.63, 3.8) is 0 Å². The molecule has 0 saturated carbocycles. The lowest BCUT2D eigenvalue weighted by atomic mass is 9.85. The average Bonchev–Trinajstić information content (AvgIpc) is 2.97. The van der Waals surface area contributed by atoms with E-state index < -0.39 is 46.8 Å². The van der Waals surface area contributed by atoms with Crippen molar-refractivity contribution in [2.75, 3.05) is 12.3 Å². The number of amides is 3. The molecule has 0 aliphatic rings. The second-order valence-electron chi connectivity index (χ2n) is 10.8. The van der Waals surface area contributed by atoms with Crippen LogP contribution in [0.3, 0.4) is 0 Å². The summed E-state index contributed by atoms with van der Waals surface area (Å²) in [5.41, 5.74) is 10.4. The predicted octanol–water partition coefficient (Wildman–Crippen LogP) is 5.97. The molecule has 2 unspecified atom stereocenters. The van der Waals surface area contributed by atoms with Crippen LogP contribution in [-0.2, 0) is 19.1 Å². The summed E-state index contributed by atoms with van der Waals surface area (Å²) in [5, 5.41) is 5.68. The van der Waals surface area contributed by atoms with Crippen LogP contribution in [0.15, 0.2) is 48.5 Å². The molecular weight excluding hydrogens is 582 g/mol. The number of rotatable bonds is 9. The zero-order valence-electron chi connectivity index (χ0n) is 28.5. The normalized spacial score (nSPS) is 11.8. The maximum atomic E-state index is 13.5. The van der Waals surface area contributed by atoms with Gasteiger partial charge in [-0.1, -0.05) is 104 Å². The van der Waals surface area contributed by atoms with Gasteiger partial charge in [0.05, 0.1) is 10.7 Å². The van der Waals surface area contributed by atoms with Gasteiger partial charge >= 0.3 is 5.97 Å². The minimum Gasteiger partial charge on any atom is -0.459 e. The van der Waals surface area contributed by atoms with Gasteiger partial charge in [0.1, 0.15) is 24.2 Å². The van der Waals surface area contributed by atoms with Gasteiger partial charge in [0, 0.05) is 5.56 Å². The Morgan fingerprint density at radius 2 is 1.36 bits per heavy atom. The summed E-state index contributed by atoms with van der Waals surface area (Å²) >= 11 is 6.05. The van der Waals surface area contributed by atoms with Crippen LogP contribution >= 0.6 is 11.6 Å². The standard InChI is InChI=1S/C27H36ClN5O5.3C2H6/c1-26(2,3)22(32-23(35)17-12-13-19(29)18(28)14-17)25(37)31-21(16-10-8-7-9-11-16)24(36)33-30-15-20(34)38-27(4,5)6;3*1-2/h7-14,21-22,30H,15,29H2,1-6H3,(H,31,37)(H,32,35)(H,33,36);3*1-2H3. The van der Waals surface area contributed by atoms with Gasteiger partial charge in [-0.25, -0.2) is 5.43 Å². The third kappa shape index (κ3) is 15.7. The summed E-state index contributed by atoms with van der Waals surface area (Å²) in [6.45, 7) is 22.3. The highest BCUT2D eigenvalue weighted by Gasteiger charge is 2.35. The van der Waals surface area contributed by atoms with E-state index in [4.69, 9.17) is 22.1 Å². The van der Waals surface area contributed by atoms with E-state index in [0.717, 1.165) is 0 Å². The number of benzene rings is 2. The molecule has 0 spiro atoms. The van der Waals surface area contributed by atoms with Crippen LogP contribution in [0.2, 0.25) is 5.02 Å². The lowest BCUT2D eigenvalue weighted by Crippen LogP contribution is -2.56. The molecule has 0 aliphatic heterocycles. The van der Waals surface area contributed by atoms with Crippen molar-refractivity contribution < 1.29 is 23.9 Å². The minimum absolute atomic E-state index is 0.217. The molecule has 10 nitrogen and oxygen atoms in total. The molecule has 6 N–H and O–H groups in total. The third-order valence-electron chi connectivity index (χ3n) is 5.21. The predicted molar refractivity (Wildman–Crippen MR) is 180 cm³/mol. The largest absolute Gasteiger partial charge is 0.459 e. The van der Waals surface area contributed by atoms with Crippen molar-refractivity contribution in [3.8, 4) is 0 Å². The maximum Gasteiger partial charge on any atom is 0.322 e. The van der Waals surface area contributed by atoms with Crippen LogP contribution in [0.5, 0.6) is 0 Å². The number of nitrogen functional groups attached to an aromatic ring is 1. The Bertz CT molecular complexity index is 1160. The topological polar surface area (TPSA) is 152 Å². The number of carbonyl (C=O) groups excluding carboxylic acids is 4. The number of hydrogen-bond acceptors (Lipinski definition) is 7. The van der Waals surface area contributed by atoms with Crippen LogP contribution in [0, 0.1) is 5.41 Å². The minimum atomic E-state index is -1.12. The highest BCUT2D eigenvalue weighted by molar-refractivity contribution is 6.33. The van der Waals surface area contributed by atoms with Gasteiger partial charge in [-0.05, 0) is 49.9 Å². The molecule has 248 valence electrons. The summed E-state index contributed by atoms with van der Waals surface area (Å²) in [7, 11) is 0. The lowest BCUT2D eigenvalue weighted by Gasteiger charge is -2.32. The molecule has 0 aliphatic carbocycles. The van der Waals surface area contributed by atoms with Crippen LogP contribution in [-0.4, -0.2) is 41.9 Å². The Balaban J connectivity index is 0. The second kappa shape index (κ2) is 21.1. The van der Waals surface area contributed by atoms with Gasteiger partial charge in [-0.15, -0.1) is 0 Å². The first-order chi connectivity index (χ1) is 20.6. The lowest BCUT2D eigenvalue weighted by molar-refractivity contribution is -0.153. The number of nitrogens with one attached hydrogen (secondary N) is 4. The monoisotopic (exact) mass is 635 g/mol. The van der Waals surface area contributed by atoms with Crippen molar-refractivity contribution in [3.05, 3.63) is 64.7 Å². The molecule has 3 amide bonds. The number of esters is 1. The molecule has 2 atom stereocenters. The SMILES string of the molecule is CC.CC.CC.CC(C)(C)OC(=O)CNNC(=O)C(NC(=O)C(NC(=O)c1ccc(N)c(Cl)c1)C(C)(C)C)c1ccccc1. The van der Waals surface area contributed by atoms with Gasteiger partial charge in [0.15, 0.2) is 0 Å². The van der Waals surface area contributed by atoms with E-state index in [-0.39, 0.29) is 17.1 Å². The Morgan fingerprint density at radius 3 is 1.84 bits per heavy atom. The van der Waals surface area contributed by atoms with E-state index >= 15 is 0 Å². The summed E-state index contributed by atoms with van der Waals surface area (Å²) < 4.78 is 5.21. The first kappa shape index (κ1) is 42.5. The van der Waals surface area contributed by atoms with Crippen molar-refractivity contribution in [1.82, 2.24) is 21.5 Å². The van der Waals surface area contributed by atoms with Crippen molar-refractivity contribution in [2.24, 2.45) is 5.41 Å². The van der Waals surface area contributed by atoms with E-state index in [2.05, 4.69) is 21.5 Å². The molecule has 11 heteroatoms. The zero-order valence-corrected chi connectivity index (χ0v) is 29.2. The van der Waals surface area contributed by atoms with Crippen molar-refractivity contribution in [1.29, 1.82) is 0 Å². The summed E-state index contributed by atoms with van der Waals surface area (Å²) in [6, 6.07) is 10.9. The van der Waals surface area contributed by atoms with E-state index in [1.807, 2.05) is 41.5 Å². The number of ether oxygens (including phenoxy) is 1. The summed E-state index contributed by atoms with van der Waals surface area (Å²) in [6.07, 6.45) is 0. The third-order valence-corrected chi connectivity index (χ3v) is 5.54. The van der Waals surface area contributed by atoms with E-state index in [0.29, 0.717) is 11.3 Å². The summed E-state index contributed by atoms with van der Waals surface area (Å²) in [5.74, 6) is -2.28. The number of hydrazine groups is 1. The van der Waals surface area contributed by atoms with Gasteiger partial charge in [-0.2, -0.15) is 0 Å². The fourth-order valence-corrected chi connectivity index (χ4v) is 3.56. The smallest absolute Gasteiger partial charge is 0.322 e. The second-order valence-corrected chi connectivity index (χ2v) is 11.2. The number of anilines is 1. The van der Waals surface area contributed by atoms with Gasteiger partial charge in [0.25, 0.3) is 11.8 Å². The first-order valence-electron chi connectivity index (χ1n) is 15.0. The number of hydrogen-bond donors (Lipinski definition) is 5. The van der Waals surface area contributed by atoms with Gasteiger partial charge < -0.3 is 21.1 Å². The zero-order chi connectivity index (χ0) is 34.7. The number of carbonyl (C=O) groups is 4. The quantitative estimate of drug-likeness (QED) is 0.129. The molecule has 0 saturated heterocycles. The van der Waals surface area contributed by atoms with Crippen LogP contribution in [0.1, 0.15) is 105 Å². The molecule has 0 heterocycles. The van der Waals surface area contributed by atoms with E-state index in [1.165, 1.54) is 18.2 Å². The number of halogens is 1. The highest BCUT2D eigenvalue weighted by atomic mass is 35.5. The van der Waals surface area contributed by atoms with Crippen LogP contribution < -0.4 is 27.2 Å². The molecule has 44 heavy (non-hydrogen) atoms. The summed E-state index contributed by atoms with van der Waals surface area (Å²) in [4.78, 5) is 51.4. The fraction of sp³-hybridized carbons (Fsp3) is 0.515. The Hall–Kier alpha value is -3.63. The average molecular weight is 636 g/mol. The Kier molecular flexibility index (Phi) is 20.4. The Morgan fingerprint density at radius 1 is 0.818 bits per heavy atom. The molecule has 0 fully saturated rings. The molecule has 0 aromatic heterocycles. The van der Waals surface area contributed by atoms with Crippen molar-refractivity contribution >= 4 is 41.0 Å². The van der Waals surface area contributed by atoms with Gasteiger partial charge in [-0.3, -0.25) is 24.6 Å². The van der Waals surface area contributed by atoms with E-state index in [9.17, 15) is 19.2 Å². The highest BCUT2D eigenvalue weighted by Crippen LogP contribution is 2.23. The van der Waals surface area contributed by atoms with Gasteiger partial charge in [0.2, 0.25) is 5.91 Å². The van der Waals surface area contributed by atoms with Crippen LogP contribution in [0.4, 0.5) is 5.69 Å². The Labute approximate surface area is 269 Å². The molecule has 0 bridgehead atoms. The molecular formula is C33H54ClN5O5. The molecule has 2 aromatic carbocycles. The first-order valence-corrected chi connectivity index (χ1v) is 15.4. The number of nitrogens with two attached hydrogens (primary N) is 1. The molecule has 0 radical (unpaired) electrons. The molecule has 2 aromatic rings. The molecule has 2 rings (SSSR count). The van der Waals surface area contributed by atoms with Crippen molar-refractivity contribution in [2.45, 2.75) is 101 Å².